The van der Waals surface area contributed by atoms with Crippen LogP contribution in [0.4, 0.5) is 0 Å². The number of nitrogens with two attached hydrogens (primary N) is 1. The maximum atomic E-state index is 6.29. The van der Waals surface area contributed by atoms with Gasteiger partial charge in [-0.3, -0.25) is 4.68 Å². The van der Waals surface area contributed by atoms with Gasteiger partial charge < -0.3 is 10.5 Å². The van der Waals surface area contributed by atoms with E-state index in [1.165, 1.54) is 5.56 Å². The first-order valence-corrected chi connectivity index (χ1v) is 7.15. The Labute approximate surface area is 124 Å². The zero-order valence-corrected chi connectivity index (χ0v) is 12.7. The van der Waals surface area contributed by atoms with Gasteiger partial charge in [0.2, 0.25) is 0 Å². The van der Waals surface area contributed by atoms with Gasteiger partial charge >= 0.3 is 0 Å². The third-order valence-electron chi connectivity index (χ3n) is 3.23. The molecule has 2 rings (SSSR count). The second kappa shape index (κ2) is 6.77. The lowest BCUT2D eigenvalue weighted by Crippen LogP contribution is -2.04. The van der Waals surface area contributed by atoms with E-state index in [4.69, 9.17) is 22.1 Å². The second-order valence-corrected chi connectivity index (χ2v) is 5.03. The minimum Gasteiger partial charge on any atom is -0.487 e. The van der Waals surface area contributed by atoms with Gasteiger partial charge in [-0.25, -0.2) is 0 Å². The van der Waals surface area contributed by atoms with Crippen molar-refractivity contribution in [2.45, 2.75) is 26.4 Å². The summed E-state index contributed by atoms with van der Waals surface area (Å²) < 4.78 is 7.55. The Morgan fingerprint density at radius 2 is 2.00 bits per heavy atom. The van der Waals surface area contributed by atoms with Crippen molar-refractivity contribution in [3.8, 4) is 5.75 Å². The molecule has 0 aliphatic carbocycles. The van der Waals surface area contributed by atoms with E-state index in [0.29, 0.717) is 18.2 Å². The van der Waals surface area contributed by atoms with Crippen LogP contribution in [0.2, 0.25) is 5.02 Å². The predicted octanol–water partition coefficient (Wildman–Crippen LogP) is 2.72. The second-order valence-electron chi connectivity index (χ2n) is 4.66. The number of halogens is 1. The van der Waals surface area contributed by atoms with Crippen LogP contribution >= 0.6 is 11.6 Å². The Kier molecular flexibility index (Phi) is 5.04. The molecule has 1 aromatic heterocycles. The van der Waals surface area contributed by atoms with Gasteiger partial charge in [0.15, 0.2) is 0 Å². The monoisotopic (exact) mass is 293 g/mol. The summed E-state index contributed by atoms with van der Waals surface area (Å²) in [6.45, 7) is 3.11. The number of hydrogen-bond donors (Lipinski definition) is 1. The number of rotatable bonds is 6. The van der Waals surface area contributed by atoms with Crippen molar-refractivity contribution in [2.24, 2.45) is 12.8 Å². The van der Waals surface area contributed by atoms with Crippen LogP contribution in [0.15, 0.2) is 24.3 Å². The van der Waals surface area contributed by atoms with Crippen molar-refractivity contribution < 1.29 is 4.74 Å². The summed E-state index contributed by atoms with van der Waals surface area (Å²) in [4.78, 5) is 0. The molecule has 0 saturated carbocycles. The highest BCUT2D eigenvalue weighted by Crippen LogP contribution is 2.22. The Hall–Kier alpha value is -1.52. The number of nitrogens with zero attached hydrogens (tertiary/aromatic N) is 2. The van der Waals surface area contributed by atoms with Gasteiger partial charge in [-0.05, 0) is 37.1 Å². The quantitative estimate of drug-likeness (QED) is 0.891. The zero-order valence-electron chi connectivity index (χ0n) is 11.9. The van der Waals surface area contributed by atoms with E-state index >= 15 is 0 Å². The highest BCUT2D eigenvalue weighted by atomic mass is 35.5. The minimum absolute atomic E-state index is 0.415. The highest BCUT2D eigenvalue weighted by molar-refractivity contribution is 6.31. The molecule has 0 amide bonds. The van der Waals surface area contributed by atoms with Crippen molar-refractivity contribution in [2.75, 3.05) is 6.54 Å². The largest absolute Gasteiger partial charge is 0.487 e. The molecule has 0 saturated heterocycles. The van der Waals surface area contributed by atoms with E-state index in [1.54, 1.807) is 4.68 Å². The molecule has 1 aromatic carbocycles. The van der Waals surface area contributed by atoms with Gasteiger partial charge in [-0.1, -0.05) is 30.7 Å². The SMILES string of the molecule is CCc1nn(C)c(COc2ccc(CCN)cc2)c1Cl. The summed E-state index contributed by atoms with van der Waals surface area (Å²) in [5, 5.41) is 5.07. The summed E-state index contributed by atoms with van der Waals surface area (Å²) in [5.74, 6) is 0.820. The van der Waals surface area contributed by atoms with Gasteiger partial charge in [0.1, 0.15) is 12.4 Å². The normalized spacial score (nSPS) is 10.8. The first kappa shape index (κ1) is 14.9. The Morgan fingerprint density at radius 1 is 1.30 bits per heavy atom. The Balaban J connectivity index is 2.03. The van der Waals surface area contributed by atoms with E-state index in [-0.39, 0.29) is 0 Å². The molecular formula is C15H20ClN3O. The topological polar surface area (TPSA) is 53.1 Å². The van der Waals surface area contributed by atoms with Crippen molar-refractivity contribution in [1.29, 1.82) is 0 Å². The lowest BCUT2D eigenvalue weighted by Gasteiger charge is -2.08. The smallest absolute Gasteiger partial charge is 0.131 e. The van der Waals surface area contributed by atoms with Crippen molar-refractivity contribution >= 4 is 11.6 Å². The summed E-state index contributed by atoms with van der Waals surface area (Å²) in [5.41, 5.74) is 8.55. The first-order valence-electron chi connectivity index (χ1n) is 6.77. The third-order valence-corrected chi connectivity index (χ3v) is 3.67. The molecule has 0 radical (unpaired) electrons. The van der Waals surface area contributed by atoms with Gasteiger partial charge in [0.25, 0.3) is 0 Å². The maximum absolute atomic E-state index is 6.29. The number of ether oxygens (including phenoxy) is 1. The Morgan fingerprint density at radius 3 is 2.55 bits per heavy atom. The lowest BCUT2D eigenvalue weighted by molar-refractivity contribution is 0.295. The fourth-order valence-corrected chi connectivity index (χ4v) is 2.40. The maximum Gasteiger partial charge on any atom is 0.131 e. The number of aromatic nitrogens is 2. The van der Waals surface area contributed by atoms with Crippen LogP contribution in [0, 0.1) is 0 Å². The zero-order chi connectivity index (χ0) is 14.5. The van der Waals surface area contributed by atoms with Crippen LogP contribution in [0.5, 0.6) is 5.75 Å². The third kappa shape index (κ3) is 3.32. The average molecular weight is 294 g/mol. The van der Waals surface area contributed by atoms with Crippen molar-refractivity contribution in [3.63, 3.8) is 0 Å². The number of aryl methyl sites for hydroxylation is 2. The van der Waals surface area contributed by atoms with E-state index in [0.717, 1.165) is 30.0 Å². The molecule has 0 aliphatic heterocycles. The van der Waals surface area contributed by atoms with Crippen LogP contribution in [0.25, 0.3) is 0 Å². The molecule has 1 heterocycles. The molecule has 0 unspecified atom stereocenters. The average Bonchev–Trinajstić information content (AvgIpc) is 2.73. The first-order chi connectivity index (χ1) is 9.65. The molecule has 2 N–H and O–H groups in total. The van der Waals surface area contributed by atoms with E-state index in [9.17, 15) is 0 Å². The standard InChI is InChI=1S/C15H20ClN3O/c1-3-13-15(16)14(19(2)18-13)10-20-12-6-4-11(5-7-12)8-9-17/h4-7H,3,8-10,17H2,1-2H3. The van der Waals surface area contributed by atoms with Crippen LogP contribution in [0.1, 0.15) is 23.9 Å². The van der Waals surface area contributed by atoms with E-state index in [2.05, 4.69) is 5.10 Å². The summed E-state index contributed by atoms with van der Waals surface area (Å²) in [6, 6.07) is 7.97. The van der Waals surface area contributed by atoms with Crippen LogP contribution in [-0.4, -0.2) is 16.3 Å². The molecule has 2 aromatic rings. The van der Waals surface area contributed by atoms with Gasteiger partial charge in [-0.15, -0.1) is 0 Å². The van der Waals surface area contributed by atoms with Crippen molar-refractivity contribution in [3.05, 3.63) is 46.2 Å². The fourth-order valence-electron chi connectivity index (χ4n) is 2.05. The van der Waals surface area contributed by atoms with Crippen molar-refractivity contribution in [1.82, 2.24) is 9.78 Å². The number of hydrogen-bond acceptors (Lipinski definition) is 3. The molecule has 5 heteroatoms. The lowest BCUT2D eigenvalue weighted by atomic mass is 10.1. The predicted molar refractivity (Wildman–Crippen MR) is 81.1 cm³/mol. The molecule has 108 valence electrons. The van der Waals surface area contributed by atoms with Gasteiger partial charge in [-0.2, -0.15) is 5.10 Å². The Bertz CT molecular complexity index is 563. The van der Waals surface area contributed by atoms with E-state index < -0.39 is 0 Å². The summed E-state index contributed by atoms with van der Waals surface area (Å²) in [6.07, 6.45) is 1.70. The number of benzene rings is 1. The molecule has 0 fully saturated rings. The molecule has 0 aliphatic rings. The van der Waals surface area contributed by atoms with Gasteiger partial charge in [0.05, 0.1) is 16.4 Å². The summed E-state index contributed by atoms with van der Waals surface area (Å²) in [7, 11) is 1.88. The molecular weight excluding hydrogens is 274 g/mol. The molecule has 0 atom stereocenters. The van der Waals surface area contributed by atoms with E-state index in [1.807, 2.05) is 38.2 Å². The molecule has 20 heavy (non-hydrogen) atoms. The molecule has 0 spiro atoms. The highest BCUT2D eigenvalue weighted by Gasteiger charge is 2.13. The van der Waals surface area contributed by atoms with Crippen LogP contribution in [0.3, 0.4) is 0 Å². The molecule has 0 bridgehead atoms. The minimum atomic E-state index is 0.415. The van der Waals surface area contributed by atoms with Gasteiger partial charge in [0, 0.05) is 7.05 Å². The fraction of sp³-hybridized carbons (Fsp3) is 0.400. The van der Waals surface area contributed by atoms with Crippen LogP contribution in [-0.2, 0) is 26.5 Å². The van der Waals surface area contributed by atoms with Crippen LogP contribution < -0.4 is 10.5 Å². The molecule has 4 nitrogen and oxygen atoms in total. The summed E-state index contributed by atoms with van der Waals surface area (Å²) >= 11 is 6.29.